The van der Waals surface area contributed by atoms with E-state index in [4.69, 9.17) is 10.00 Å². The highest BCUT2D eigenvalue weighted by atomic mass is 16.5. The summed E-state index contributed by atoms with van der Waals surface area (Å²) in [5, 5.41) is 8.86. The number of nitrogens with zero attached hydrogens (tertiary/aromatic N) is 3. The topological polar surface area (TPSA) is 49.2 Å². The minimum atomic E-state index is -0.159. The average Bonchev–Trinajstić information content (AvgIpc) is 2.26. The van der Waals surface area contributed by atoms with Crippen molar-refractivity contribution in [2.75, 3.05) is 18.0 Å². The van der Waals surface area contributed by atoms with Crippen molar-refractivity contribution < 1.29 is 4.74 Å². The Morgan fingerprint density at radius 1 is 1.59 bits per heavy atom. The third kappa shape index (κ3) is 2.75. The molecule has 1 aromatic heterocycles. The highest BCUT2D eigenvalue weighted by molar-refractivity contribution is 5.49. The molecule has 0 amide bonds. The first-order valence-electron chi connectivity index (χ1n) is 5.79. The van der Waals surface area contributed by atoms with Crippen LogP contribution in [0.25, 0.3) is 0 Å². The maximum Gasteiger partial charge on any atom is 0.142 e. The fourth-order valence-electron chi connectivity index (χ4n) is 2.33. The van der Waals surface area contributed by atoms with Crippen molar-refractivity contribution in [3.8, 4) is 6.07 Å². The number of pyridine rings is 1. The molecule has 1 atom stereocenters. The van der Waals surface area contributed by atoms with Gasteiger partial charge in [0.2, 0.25) is 0 Å². The van der Waals surface area contributed by atoms with Crippen LogP contribution in [-0.4, -0.2) is 29.8 Å². The number of rotatable bonds is 1. The Balaban J connectivity index is 2.24. The summed E-state index contributed by atoms with van der Waals surface area (Å²) in [4.78, 5) is 6.24. The summed E-state index contributed by atoms with van der Waals surface area (Å²) in [6, 6.07) is 5.84. The van der Waals surface area contributed by atoms with Crippen molar-refractivity contribution in [1.29, 1.82) is 5.26 Å². The number of aromatic nitrogens is 1. The van der Waals surface area contributed by atoms with Gasteiger partial charge >= 0.3 is 0 Å². The van der Waals surface area contributed by atoms with E-state index < -0.39 is 0 Å². The molecule has 0 bridgehead atoms. The molecular weight excluding hydrogens is 214 g/mol. The van der Waals surface area contributed by atoms with E-state index in [1.807, 2.05) is 12.1 Å². The van der Waals surface area contributed by atoms with Crippen molar-refractivity contribution in [1.82, 2.24) is 4.98 Å². The largest absolute Gasteiger partial charge is 0.369 e. The maximum atomic E-state index is 8.86. The third-order valence-electron chi connectivity index (χ3n) is 2.79. The molecule has 1 aromatic rings. The second kappa shape index (κ2) is 4.34. The van der Waals surface area contributed by atoms with Crippen molar-refractivity contribution in [3.05, 3.63) is 24.0 Å². The Morgan fingerprint density at radius 2 is 2.35 bits per heavy atom. The molecule has 4 heteroatoms. The van der Waals surface area contributed by atoms with Gasteiger partial charge in [-0.2, -0.15) is 5.26 Å². The second-order valence-electron chi connectivity index (χ2n) is 5.08. The van der Waals surface area contributed by atoms with Crippen LogP contribution in [0.3, 0.4) is 0 Å². The van der Waals surface area contributed by atoms with Gasteiger partial charge in [-0.1, -0.05) is 0 Å². The molecule has 1 aliphatic rings. The molecule has 1 saturated heterocycles. The van der Waals surface area contributed by atoms with Gasteiger partial charge in [-0.15, -0.1) is 0 Å². The molecule has 0 aliphatic carbocycles. The van der Waals surface area contributed by atoms with Crippen LogP contribution in [-0.2, 0) is 4.74 Å². The molecule has 1 aliphatic heterocycles. The molecular formula is C13H17N3O. The zero-order valence-electron chi connectivity index (χ0n) is 10.5. The van der Waals surface area contributed by atoms with Gasteiger partial charge in [-0.3, -0.25) is 0 Å². The molecule has 2 rings (SSSR count). The smallest absolute Gasteiger partial charge is 0.142 e. The molecule has 17 heavy (non-hydrogen) atoms. The quantitative estimate of drug-likeness (QED) is 0.741. The number of hydrogen-bond donors (Lipinski definition) is 0. The van der Waals surface area contributed by atoms with E-state index in [-0.39, 0.29) is 11.7 Å². The predicted molar refractivity (Wildman–Crippen MR) is 65.8 cm³/mol. The van der Waals surface area contributed by atoms with E-state index in [1.165, 1.54) is 0 Å². The molecule has 0 N–H and O–H groups in total. The summed E-state index contributed by atoms with van der Waals surface area (Å²) < 4.78 is 5.86. The molecule has 2 heterocycles. The van der Waals surface area contributed by atoms with Crippen molar-refractivity contribution in [2.45, 2.75) is 32.5 Å². The minimum Gasteiger partial charge on any atom is -0.369 e. The molecule has 1 unspecified atom stereocenters. The monoisotopic (exact) mass is 231 g/mol. The first-order chi connectivity index (χ1) is 8.00. The van der Waals surface area contributed by atoms with E-state index in [2.05, 4.69) is 36.7 Å². The Bertz CT molecular complexity index is 450. The average molecular weight is 231 g/mol. The van der Waals surface area contributed by atoms with Crippen LogP contribution >= 0.6 is 0 Å². The van der Waals surface area contributed by atoms with Gasteiger partial charge in [0.25, 0.3) is 0 Å². The Hall–Kier alpha value is -1.60. The molecule has 1 fully saturated rings. The zero-order valence-corrected chi connectivity index (χ0v) is 10.5. The van der Waals surface area contributed by atoms with E-state index in [0.717, 1.165) is 18.8 Å². The van der Waals surface area contributed by atoms with E-state index in [0.29, 0.717) is 5.69 Å². The lowest BCUT2D eigenvalue weighted by Gasteiger charge is -2.42. The zero-order chi connectivity index (χ0) is 12.5. The molecule has 90 valence electrons. The normalized spacial score (nSPS) is 23.2. The lowest BCUT2D eigenvalue weighted by Crippen LogP contribution is -2.52. The lowest BCUT2D eigenvalue weighted by molar-refractivity contribution is -0.0749. The number of morpholine rings is 1. The number of ether oxygens (including phenoxy) is 1. The van der Waals surface area contributed by atoms with Crippen LogP contribution < -0.4 is 4.90 Å². The summed E-state index contributed by atoms with van der Waals surface area (Å²) in [7, 11) is 0. The fourth-order valence-corrected chi connectivity index (χ4v) is 2.33. The van der Waals surface area contributed by atoms with Crippen LogP contribution in [0.5, 0.6) is 0 Å². The predicted octanol–water partition coefficient (Wildman–Crippen LogP) is 1.96. The van der Waals surface area contributed by atoms with Crippen LogP contribution in [0.4, 0.5) is 5.69 Å². The standard InChI is InChI=1S/C13H17N3O/c1-10-8-16(9-13(2,3)17-10)12-4-5-15-11(6-12)7-14/h4-6,10H,8-9H2,1-3H3. The summed E-state index contributed by atoms with van der Waals surface area (Å²) in [5.41, 5.74) is 1.34. The highest BCUT2D eigenvalue weighted by Gasteiger charge is 2.31. The lowest BCUT2D eigenvalue weighted by atomic mass is 10.0. The highest BCUT2D eigenvalue weighted by Crippen LogP contribution is 2.25. The molecule has 4 nitrogen and oxygen atoms in total. The maximum absolute atomic E-state index is 8.86. The molecule has 0 spiro atoms. The van der Waals surface area contributed by atoms with Gasteiger partial charge in [-0.05, 0) is 32.9 Å². The first kappa shape index (κ1) is 11.9. The van der Waals surface area contributed by atoms with Gasteiger partial charge in [0, 0.05) is 25.0 Å². The van der Waals surface area contributed by atoms with Gasteiger partial charge in [0.05, 0.1) is 11.7 Å². The number of hydrogen-bond acceptors (Lipinski definition) is 4. The van der Waals surface area contributed by atoms with E-state index in [9.17, 15) is 0 Å². The minimum absolute atomic E-state index is 0.159. The van der Waals surface area contributed by atoms with Crippen molar-refractivity contribution >= 4 is 5.69 Å². The fraction of sp³-hybridized carbons (Fsp3) is 0.538. The van der Waals surface area contributed by atoms with Gasteiger partial charge < -0.3 is 9.64 Å². The van der Waals surface area contributed by atoms with Gasteiger partial charge in [-0.25, -0.2) is 4.98 Å². The van der Waals surface area contributed by atoms with Gasteiger partial charge in [0.15, 0.2) is 0 Å². The van der Waals surface area contributed by atoms with Crippen molar-refractivity contribution in [2.24, 2.45) is 0 Å². The van der Waals surface area contributed by atoms with E-state index >= 15 is 0 Å². The SMILES string of the molecule is CC1CN(c2ccnc(C#N)c2)CC(C)(C)O1. The third-order valence-corrected chi connectivity index (χ3v) is 2.79. The van der Waals surface area contributed by atoms with Crippen LogP contribution in [0.2, 0.25) is 0 Å². The molecule has 0 aromatic carbocycles. The Labute approximate surface area is 102 Å². The Kier molecular flexibility index (Phi) is 3.03. The second-order valence-corrected chi connectivity index (χ2v) is 5.08. The summed E-state index contributed by atoms with van der Waals surface area (Å²) in [6.45, 7) is 7.91. The summed E-state index contributed by atoms with van der Waals surface area (Å²) in [6.07, 6.45) is 1.87. The molecule has 0 radical (unpaired) electrons. The summed E-state index contributed by atoms with van der Waals surface area (Å²) in [5.74, 6) is 0. The van der Waals surface area contributed by atoms with Crippen LogP contribution in [0.1, 0.15) is 26.5 Å². The van der Waals surface area contributed by atoms with Crippen molar-refractivity contribution in [3.63, 3.8) is 0 Å². The van der Waals surface area contributed by atoms with E-state index in [1.54, 1.807) is 6.20 Å². The molecule has 0 saturated carbocycles. The van der Waals surface area contributed by atoms with Gasteiger partial charge in [0.1, 0.15) is 11.8 Å². The Morgan fingerprint density at radius 3 is 3.00 bits per heavy atom. The van der Waals surface area contributed by atoms with Crippen LogP contribution in [0, 0.1) is 11.3 Å². The first-order valence-corrected chi connectivity index (χ1v) is 5.79. The summed E-state index contributed by atoms with van der Waals surface area (Å²) >= 11 is 0. The number of nitriles is 1. The van der Waals surface area contributed by atoms with Crippen LogP contribution in [0.15, 0.2) is 18.3 Å². The number of anilines is 1.